The smallest absolute Gasteiger partial charge is 0.258 e. The summed E-state index contributed by atoms with van der Waals surface area (Å²) in [5, 5.41) is 9.84. The summed E-state index contributed by atoms with van der Waals surface area (Å²) in [7, 11) is 0. The molecule has 0 radical (unpaired) electrons. The number of fused-ring (bicyclic) bond motifs is 11. The molecule has 2 aliphatic rings. The van der Waals surface area contributed by atoms with Crippen molar-refractivity contribution in [2.75, 3.05) is 5.32 Å². The highest BCUT2D eigenvalue weighted by Crippen LogP contribution is 2.50. The van der Waals surface area contributed by atoms with Gasteiger partial charge < -0.3 is 18.7 Å². The van der Waals surface area contributed by atoms with E-state index < -0.39 is 0 Å². The summed E-state index contributed by atoms with van der Waals surface area (Å²) in [5.74, 6) is 0. The second kappa shape index (κ2) is 12.2. The number of benzene rings is 6. The van der Waals surface area contributed by atoms with E-state index in [1.165, 1.54) is 60.6 Å². The number of nitrogens with zero attached hydrogens (tertiary/aromatic N) is 1. The Bertz CT molecular complexity index is 3260. The number of hydrogen-bond acceptors (Lipinski definition) is 3. The van der Waals surface area contributed by atoms with Gasteiger partial charge in [0, 0.05) is 49.4 Å². The number of furan rings is 2. The van der Waals surface area contributed by atoms with E-state index in [-0.39, 0.29) is 28.4 Å². The van der Waals surface area contributed by atoms with Crippen molar-refractivity contribution < 1.29 is 8.83 Å². The van der Waals surface area contributed by atoms with Crippen molar-refractivity contribution in [2.24, 2.45) is 0 Å². The first kappa shape index (κ1) is 37.3. The molecule has 5 heteroatoms. The van der Waals surface area contributed by atoms with Gasteiger partial charge in [0.1, 0.15) is 16.7 Å². The molecule has 0 unspecified atom stereocenters. The van der Waals surface area contributed by atoms with Crippen LogP contribution in [0.2, 0.25) is 6.82 Å². The Balaban J connectivity index is 1.24. The lowest BCUT2D eigenvalue weighted by molar-refractivity contribution is 0.332. The SMILES string of the molecule is CB1c2oc3ccc(C(C)(C)C)cc3c2-n2c3cc4c(cc3c3ccc(-c5cc6c(cc5Nc5ccc(C(C)(C)C)cc5)C(C)(C)CCC6(C)C)c1c32)oc1ccccc14. The van der Waals surface area contributed by atoms with Crippen LogP contribution in [0.1, 0.15) is 104 Å². The van der Waals surface area contributed by atoms with Crippen molar-refractivity contribution in [3.05, 3.63) is 125 Å². The molecule has 4 heterocycles. The number of anilines is 2. The highest BCUT2D eigenvalue weighted by molar-refractivity contribution is 6.88. The number of para-hydroxylation sites is 1. The first-order valence-electron chi connectivity index (χ1n) is 22.0. The predicted molar refractivity (Wildman–Crippen MR) is 257 cm³/mol. The van der Waals surface area contributed by atoms with Crippen LogP contribution in [0.5, 0.6) is 0 Å². The lowest BCUT2D eigenvalue weighted by Gasteiger charge is -2.42. The van der Waals surface area contributed by atoms with E-state index in [1.54, 1.807) is 0 Å². The van der Waals surface area contributed by atoms with E-state index in [0.29, 0.717) is 0 Å². The molecule has 1 N–H and O–H groups in total. The van der Waals surface area contributed by atoms with Gasteiger partial charge in [-0.25, -0.2) is 0 Å². The van der Waals surface area contributed by atoms with Gasteiger partial charge in [0.15, 0.2) is 0 Å². The van der Waals surface area contributed by atoms with E-state index in [4.69, 9.17) is 8.83 Å². The van der Waals surface area contributed by atoms with Gasteiger partial charge in [0.05, 0.1) is 16.9 Å². The third-order valence-corrected chi connectivity index (χ3v) is 14.4. The maximum absolute atomic E-state index is 7.07. The van der Waals surface area contributed by atoms with Gasteiger partial charge in [-0.2, -0.15) is 0 Å². The number of hydrogen-bond donors (Lipinski definition) is 1. The van der Waals surface area contributed by atoms with Crippen molar-refractivity contribution >= 4 is 83.9 Å². The van der Waals surface area contributed by atoms with Crippen LogP contribution in [0.15, 0.2) is 112 Å². The Labute approximate surface area is 354 Å². The largest absolute Gasteiger partial charge is 0.469 e. The third kappa shape index (κ3) is 5.36. The topological polar surface area (TPSA) is 43.2 Å². The summed E-state index contributed by atoms with van der Waals surface area (Å²) in [4.78, 5) is 0. The highest BCUT2D eigenvalue weighted by Gasteiger charge is 2.40. The standard InChI is InChI=1S/C55H55BN2O2/c1-52(2,3)31-16-19-33(20-17-31)57-43-30-42-41(54(7,8)24-25-55(42,9)10)27-37(43)35-21-22-36-38-29-47-39(34-14-12-13-15-45(34)59-47)28-44(38)58-49(36)48(35)56(11)51-50(58)40-26-32(53(4,5)6)18-23-46(40)60-51/h12-23,26-30,57H,24-25H2,1-11H3. The van der Waals surface area contributed by atoms with Crippen LogP contribution in [0, 0.1) is 0 Å². The molecule has 4 nitrogen and oxygen atoms in total. The van der Waals surface area contributed by atoms with Crippen LogP contribution in [0.4, 0.5) is 11.4 Å². The number of rotatable bonds is 3. The van der Waals surface area contributed by atoms with Crippen LogP contribution in [-0.2, 0) is 21.7 Å². The molecule has 6 aromatic carbocycles. The average molecular weight is 787 g/mol. The second-order valence-corrected chi connectivity index (χ2v) is 21.4. The van der Waals surface area contributed by atoms with Crippen molar-refractivity contribution in [1.82, 2.24) is 4.57 Å². The summed E-state index contributed by atoms with van der Waals surface area (Å²) in [6, 6.07) is 38.7. The number of nitrogens with one attached hydrogen (secondary N) is 1. The Morgan fingerprint density at radius 1 is 0.583 bits per heavy atom. The molecule has 0 spiro atoms. The molecule has 0 fully saturated rings. The average Bonchev–Trinajstić information content (AvgIpc) is 3.86. The third-order valence-electron chi connectivity index (χ3n) is 14.4. The van der Waals surface area contributed by atoms with Gasteiger partial charge in [0.2, 0.25) is 0 Å². The quantitative estimate of drug-likeness (QED) is 0.181. The van der Waals surface area contributed by atoms with Gasteiger partial charge in [-0.1, -0.05) is 125 Å². The maximum atomic E-state index is 7.07. The summed E-state index contributed by atoms with van der Waals surface area (Å²) in [6.07, 6.45) is 2.31. The van der Waals surface area contributed by atoms with Crippen LogP contribution in [-0.4, -0.2) is 11.3 Å². The predicted octanol–water partition coefficient (Wildman–Crippen LogP) is 14.3. The van der Waals surface area contributed by atoms with Crippen LogP contribution >= 0.6 is 0 Å². The minimum absolute atomic E-state index is 0.00902. The first-order chi connectivity index (χ1) is 28.4. The Kier molecular flexibility index (Phi) is 7.60. The molecule has 1 aliphatic heterocycles. The number of aromatic nitrogens is 1. The van der Waals surface area contributed by atoms with Crippen molar-refractivity contribution in [1.29, 1.82) is 0 Å². The van der Waals surface area contributed by atoms with Gasteiger partial charge in [0.25, 0.3) is 6.71 Å². The second-order valence-electron chi connectivity index (χ2n) is 21.4. The van der Waals surface area contributed by atoms with Crippen molar-refractivity contribution in [3.63, 3.8) is 0 Å². The zero-order valence-corrected chi connectivity index (χ0v) is 37.1. The highest BCUT2D eigenvalue weighted by atomic mass is 16.3. The van der Waals surface area contributed by atoms with Gasteiger partial charge in [-0.05, 0) is 122 Å². The monoisotopic (exact) mass is 786 g/mol. The maximum Gasteiger partial charge on any atom is 0.258 e. The lowest BCUT2D eigenvalue weighted by atomic mass is 9.42. The molecule has 60 heavy (non-hydrogen) atoms. The molecule has 300 valence electrons. The summed E-state index contributed by atoms with van der Waals surface area (Å²) in [6.45, 7) is 25.8. The summed E-state index contributed by atoms with van der Waals surface area (Å²) in [5.41, 5.74) is 19.0. The molecule has 0 atom stereocenters. The molecule has 0 saturated carbocycles. The fraction of sp³-hybridized carbons (Fsp3) is 0.309. The molecule has 1 aliphatic carbocycles. The zero-order chi connectivity index (χ0) is 41.8. The molecule has 0 amide bonds. The Morgan fingerprint density at radius 2 is 1.25 bits per heavy atom. The Hall–Kier alpha value is -5.68. The molecule has 9 aromatic rings. The van der Waals surface area contributed by atoms with E-state index in [2.05, 4.69) is 189 Å². The van der Waals surface area contributed by atoms with Crippen LogP contribution in [0.3, 0.4) is 0 Å². The van der Waals surface area contributed by atoms with Gasteiger partial charge >= 0.3 is 0 Å². The van der Waals surface area contributed by atoms with E-state index >= 15 is 0 Å². The van der Waals surface area contributed by atoms with Crippen molar-refractivity contribution in [2.45, 2.75) is 111 Å². The lowest BCUT2D eigenvalue weighted by Crippen LogP contribution is -2.45. The van der Waals surface area contributed by atoms with Crippen LogP contribution < -0.4 is 16.4 Å². The molecular weight excluding hydrogens is 731 g/mol. The fourth-order valence-electron chi connectivity index (χ4n) is 10.6. The summed E-state index contributed by atoms with van der Waals surface area (Å²) < 4.78 is 16.2. The minimum atomic E-state index is -0.00998. The van der Waals surface area contributed by atoms with E-state index in [9.17, 15) is 0 Å². The fourth-order valence-corrected chi connectivity index (χ4v) is 10.6. The minimum Gasteiger partial charge on any atom is -0.469 e. The molecular formula is C55H55BN2O2. The van der Waals surface area contributed by atoms with Gasteiger partial charge in [-0.3, -0.25) is 0 Å². The van der Waals surface area contributed by atoms with E-state index in [1.807, 2.05) is 0 Å². The molecule has 3 aromatic heterocycles. The molecule has 11 rings (SSSR count). The molecule has 0 bridgehead atoms. The van der Waals surface area contributed by atoms with Crippen LogP contribution in [0.25, 0.3) is 71.5 Å². The zero-order valence-electron chi connectivity index (χ0n) is 37.1. The van der Waals surface area contributed by atoms with Crippen molar-refractivity contribution in [3.8, 4) is 16.8 Å². The van der Waals surface area contributed by atoms with Gasteiger partial charge in [-0.15, -0.1) is 0 Å². The normalized spacial score (nSPS) is 16.0. The van der Waals surface area contributed by atoms with E-state index in [0.717, 1.165) is 68.5 Å². The first-order valence-corrected chi connectivity index (χ1v) is 22.0. The Morgan fingerprint density at radius 3 is 1.97 bits per heavy atom. The summed E-state index contributed by atoms with van der Waals surface area (Å²) >= 11 is 0. The molecule has 0 saturated heterocycles.